The summed E-state index contributed by atoms with van der Waals surface area (Å²) in [5.74, 6) is 2.30. The average Bonchev–Trinajstić information content (AvgIpc) is 3.39. The number of aryl methyl sites for hydroxylation is 1. The van der Waals surface area contributed by atoms with E-state index in [0.717, 1.165) is 44.2 Å². The number of benzene rings is 1. The highest BCUT2D eigenvalue weighted by atomic mass is 16.5. The fourth-order valence-electron chi connectivity index (χ4n) is 3.78. The summed E-state index contributed by atoms with van der Waals surface area (Å²) in [4.78, 5) is 14.7. The molecule has 0 bridgehead atoms. The van der Waals surface area contributed by atoms with Crippen molar-refractivity contribution in [3.05, 3.63) is 59.5 Å². The Kier molecular flexibility index (Phi) is 5.11. The Bertz CT molecular complexity index is 735. The van der Waals surface area contributed by atoms with Crippen LogP contribution in [0.25, 0.3) is 0 Å². The van der Waals surface area contributed by atoms with Crippen LogP contribution in [0.3, 0.4) is 0 Å². The summed E-state index contributed by atoms with van der Waals surface area (Å²) in [6, 6.07) is 14.1. The predicted octanol–water partition coefficient (Wildman–Crippen LogP) is 4.09. The van der Waals surface area contributed by atoms with Gasteiger partial charge in [0.2, 0.25) is 0 Å². The zero-order valence-corrected chi connectivity index (χ0v) is 15.4. The summed E-state index contributed by atoms with van der Waals surface area (Å²) in [6.45, 7) is 4.20. The molecule has 4 heteroatoms. The molecule has 1 aromatic heterocycles. The molecule has 4 rings (SSSR count). The topological polar surface area (TPSA) is 42.7 Å². The summed E-state index contributed by atoms with van der Waals surface area (Å²) in [5.41, 5.74) is 1.31. The molecule has 26 heavy (non-hydrogen) atoms. The smallest absolute Gasteiger partial charge is 0.289 e. The molecule has 1 aromatic carbocycles. The maximum absolute atomic E-state index is 12.8. The molecule has 0 spiro atoms. The number of rotatable bonds is 6. The number of furan rings is 1. The van der Waals surface area contributed by atoms with Gasteiger partial charge in [-0.25, -0.2) is 0 Å². The minimum Gasteiger partial charge on any atom is -0.456 e. The summed E-state index contributed by atoms with van der Waals surface area (Å²) in [7, 11) is 0. The van der Waals surface area contributed by atoms with Crippen LogP contribution in [0.2, 0.25) is 0 Å². The largest absolute Gasteiger partial charge is 0.456 e. The first-order valence-electron chi connectivity index (χ1n) is 9.70. The minimum absolute atomic E-state index is 0.00296. The Labute approximate surface area is 155 Å². The van der Waals surface area contributed by atoms with Gasteiger partial charge in [0, 0.05) is 25.6 Å². The van der Waals surface area contributed by atoms with Crippen LogP contribution >= 0.6 is 0 Å². The Hall–Kier alpha value is -2.07. The molecular formula is C22H27NO3. The molecular weight excluding hydrogens is 326 g/mol. The van der Waals surface area contributed by atoms with Gasteiger partial charge in [0.25, 0.3) is 5.91 Å². The molecule has 4 nitrogen and oxygen atoms in total. The van der Waals surface area contributed by atoms with Crippen molar-refractivity contribution in [2.45, 2.75) is 38.7 Å². The lowest BCUT2D eigenvalue weighted by Gasteiger charge is -2.38. The number of piperidine rings is 1. The third kappa shape index (κ3) is 4.18. The van der Waals surface area contributed by atoms with Crippen molar-refractivity contribution in [3.8, 4) is 0 Å². The number of carbonyl (C=O) groups is 1. The lowest BCUT2D eigenvalue weighted by molar-refractivity contribution is -0.0331. The number of hydrogen-bond donors (Lipinski definition) is 0. The van der Waals surface area contributed by atoms with E-state index in [2.05, 4.69) is 24.3 Å². The summed E-state index contributed by atoms with van der Waals surface area (Å²) in [5, 5.41) is 0. The fourth-order valence-corrected chi connectivity index (χ4v) is 3.78. The molecule has 2 atom stereocenters. The first-order valence-corrected chi connectivity index (χ1v) is 9.70. The van der Waals surface area contributed by atoms with Crippen molar-refractivity contribution in [3.63, 3.8) is 0 Å². The fraction of sp³-hybridized carbons (Fsp3) is 0.500. The van der Waals surface area contributed by atoms with Crippen LogP contribution in [0.4, 0.5) is 0 Å². The Morgan fingerprint density at radius 3 is 2.65 bits per heavy atom. The van der Waals surface area contributed by atoms with Crippen LogP contribution in [0, 0.1) is 18.8 Å². The Balaban J connectivity index is 1.45. The number of amides is 1. The monoisotopic (exact) mass is 353 g/mol. The van der Waals surface area contributed by atoms with Gasteiger partial charge >= 0.3 is 0 Å². The van der Waals surface area contributed by atoms with Crippen molar-refractivity contribution in [1.82, 2.24) is 4.90 Å². The Morgan fingerprint density at radius 1 is 1.15 bits per heavy atom. The molecule has 2 aromatic rings. The van der Waals surface area contributed by atoms with Gasteiger partial charge in [0.1, 0.15) is 5.76 Å². The third-order valence-corrected chi connectivity index (χ3v) is 5.49. The van der Waals surface area contributed by atoms with Gasteiger partial charge in [-0.1, -0.05) is 30.3 Å². The molecule has 1 amide bonds. The molecule has 0 unspecified atom stereocenters. The van der Waals surface area contributed by atoms with E-state index < -0.39 is 0 Å². The maximum atomic E-state index is 12.8. The normalized spacial score (nSPS) is 23.2. The lowest BCUT2D eigenvalue weighted by atomic mass is 9.88. The number of likely N-dealkylation sites (tertiary alicyclic amines) is 1. The number of carbonyl (C=O) groups excluding carboxylic acids is 1. The Morgan fingerprint density at radius 2 is 1.96 bits per heavy atom. The highest BCUT2D eigenvalue weighted by Gasteiger charge is 2.34. The second kappa shape index (κ2) is 7.67. The van der Waals surface area contributed by atoms with Gasteiger partial charge in [-0.3, -0.25) is 4.79 Å². The standard InChI is InChI=1S/C22H27NO3/c1-16-7-10-21(26-16)22(24)23-12-11-20(25-15-18-8-9-18)19(14-23)13-17-5-3-2-4-6-17/h2-7,10,18-20H,8-9,11-15H2,1H3/t19-,20-/m1/s1. The SMILES string of the molecule is Cc1ccc(C(=O)N2CC[C@@H](OCC3CC3)[C@H](Cc3ccccc3)C2)o1. The molecule has 1 aliphatic heterocycles. The van der Waals surface area contributed by atoms with Crippen LogP contribution in [0.1, 0.15) is 41.1 Å². The zero-order valence-electron chi connectivity index (χ0n) is 15.4. The van der Waals surface area contributed by atoms with Gasteiger partial charge in [-0.2, -0.15) is 0 Å². The number of ether oxygens (including phenoxy) is 1. The van der Waals surface area contributed by atoms with E-state index in [9.17, 15) is 4.79 Å². The van der Waals surface area contributed by atoms with Crippen molar-refractivity contribution >= 4 is 5.91 Å². The quantitative estimate of drug-likeness (QED) is 0.786. The van der Waals surface area contributed by atoms with E-state index in [-0.39, 0.29) is 12.0 Å². The lowest BCUT2D eigenvalue weighted by Crippen LogP contribution is -2.47. The summed E-state index contributed by atoms with van der Waals surface area (Å²) < 4.78 is 11.8. The molecule has 0 radical (unpaired) electrons. The molecule has 2 heterocycles. The minimum atomic E-state index is -0.00296. The van der Waals surface area contributed by atoms with Crippen LogP contribution < -0.4 is 0 Å². The first kappa shape index (κ1) is 17.3. The highest BCUT2D eigenvalue weighted by Crippen LogP contribution is 2.32. The van der Waals surface area contributed by atoms with Gasteiger partial charge in [0.05, 0.1) is 6.10 Å². The van der Waals surface area contributed by atoms with Crippen LogP contribution in [0.5, 0.6) is 0 Å². The van der Waals surface area contributed by atoms with Crippen molar-refractivity contribution in [2.24, 2.45) is 11.8 Å². The van der Waals surface area contributed by atoms with E-state index in [1.807, 2.05) is 24.0 Å². The highest BCUT2D eigenvalue weighted by molar-refractivity contribution is 5.91. The molecule has 2 aliphatic rings. The first-order chi connectivity index (χ1) is 12.7. The maximum Gasteiger partial charge on any atom is 0.289 e. The van der Waals surface area contributed by atoms with Crippen LogP contribution in [-0.2, 0) is 11.2 Å². The van der Waals surface area contributed by atoms with E-state index in [1.54, 1.807) is 6.07 Å². The molecule has 1 aliphatic carbocycles. The van der Waals surface area contributed by atoms with Gasteiger partial charge in [-0.15, -0.1) is 0 Å². The number of nitrogens with zero attached hydrogens (tertiary/aromatic N) is 1. The zero-order chi connectivity index (χ0) is 17.9. The van der Waals surface area contributed by atoms with Crippen LogP contribution in [0.15, 0.2) is 46.9 Å². The molecule has 1 saturated heterocycles. The van der Waals surface area contributed by atoms with Gasteiger partial charge in [-0.05, 0) is 56.2 Å². The van der Waals surface area contributed by atoms with E-state index in [0.29, 0.717) is 11.7 Å². The van der Waals surface area contributed by atoms with Gasteiger partial charge in [0.15, 0.2) is 5.76 Å². The molecule has 0 N–H and O–H groups in total. The van der Waals surface area contributed by atoms with E-state index in [4.69, 9.17) is 9.15 Å². The average molecular weight is 353 g/mol. The third-order valence-electron chi connectivity index (χ3n) is 5.49. The predicted molar refractivity (Wildman–Crippen MR) is 100 cm³/mol. The molecule has 2 fully saturated rings. The molecule has 1 saturated carbocycles. The van der Waals surface area contributed by atoms with Crippen molar-refractivity contribution < 1.29 is 13.9 Å². The van der Waals surface area contributed by atoms with E-state index in [1.165, 1.54) is 18.4 Å². The second-order valence-electron chi connectivity index (χ2n) is 7.72. The second-order valence-corrected chi connectivity index (χ2v) is 7.72. The van der Waals surface area contributed by atoms with Crippen molar-refractivity contribution in [2.75, 3.05) is 19.7 Å². The summed E-state index contributed by atoms with van der Waals surface area (Å²) in [6.07, 6.45) is 4.68. The van der Waals surface area contributed by atoms with Crippen LogP contribution in [-0.4, -0.2) is 36.6 Å². The van der Waals surface area contributed by atoms with Gasteiger partial charge < -0.3 is 14.1 Å². The van der Waals surface area contributed by atoms with Crippen molar-refractivity contribution in [1.29, 1.82) is 0 Å². The summed E-state index contributed by atoms with van der Waals surface area (Å²) >= 11 is 0. The van der Waals surface area contributed by atoms with E-state index >= 15 is 0 Å². The molecule has 138 valence electrons. The number of hydrogen-bond acceptors (Lipinski definition) is 3.